The van der Waals surface area contributed by atoms with E-state index in [0.29, 0.717) is 11.8 Å². The first kappa shape index (κ1) is 8.96. The van der Waals surface area contributed by atoms with Crippen LogP contribution in [-0.2, 0) is 0 Å². The van der Waals surface area contributed by atoms with Gasteiger partial charge >= 0.3 is 0 Å². The van der Waals surface area contributed by atoms with Gasteiger partial charge in [0, 0.05) is 0 Å². The standard InChI is InChI=1S/C8H18O/c1-5-6(2)7(3)8(4)9/h6-9H,5H2,1-4H3/t6?,7-,8-/m0/s1. The SMILES string of the molecule is CCC(C)[C@H](C)[C@H](C)O. The largest absolute Gasteiger partial charge is 0.393 e. The molecule has 0 aliphatic heterocycles. The van der Waals surface area contributed by atoms with Gasteiger partial charge in [-0.3, -0.25) is 0 Å². The van der Waals surface area contributed by atoms with Crippen molar-refractivity contribution in [2.24, 2.45) is 11.8 Å². The summed E-state index contributed by atoms with van der Waals surface area (Å²) in [6.07, 6.45) is 1.01. The highest BCUT2D eigenvalue weighted by molar-refractivity contribution is 4.64. The number of rotatable bonds is 3. The number of aliphatic hydroxyl groups is 1. The first-order valence-electron chi connectivity index (χ1n) is 3.77. The van der Waals surface area contributed by atoms with Crippen molar-refractivity contribution in [3.05, 3.63) is 0 Å². The molecular weight excluding hydrogens is 112 g/mol. The molecule has 0 saturated carbocycles. The summed E-state index contributed by atoms with van der Waals surface area (Å²) in [5, 5.41) is 9.12. The molecule has 1 N–H and O–H groups in total. The summed E-state index contributed by atoms with van der Waals surface area (Å²) < 4.78 is 0. The van der Waals surface area contributed by atoms with E-state index in [4.69, 9.17) is 5.11 Å². The summed E-state index contributed by atoms with van der Waals surface area (Å²) in [5.41, 5.74) is 0. The number of hydrogen-bond acceptors (Lipinski definition) is 1. The number of aliphatic hydroxyl groups excluding tert-OH is 1. The minimum absolute atomic E-state index is 0.153. The molecule has 0 saturated heterocycles. The molecule has 0 heterocycles. The van der Waals surface area contributed by atoms with Crippen LogP contribution in [-0.4, -0.2) is 11.2 Å². The van der Waals surface area contributed by atoms with Crippen LogP contribution < -0.4 is 0 Å². The Kier molecular flexibility index (Phi) is 3.87. The number of hydrogen-bond donors (Lipinski definition) is 1. The first-order valence-corrected chi connectivity index (χ1v) is 3.77. The van der Waals surface area contributed by atoms with Crippen molar-refractivity contribution in [3.8, 4) is 0 Å². The predicted octanol–water partition coefficient (Wildman–Crippen LogP) is 2.05. The fourth-order valence-electron chi connectivity index (χ4n) is 0.847. The van der Waals surface area contributed by atoms with Gasteiger partial charge in [-0.15, -0.1) is 0 Å². The molecule has 1 nitrogen and oxygen atoms in total. The fourth-order valence-corrected chi connectivity index (χ4v) is 0.847. The lowest BCUT2D eigenvalue weighted by Crippen LogP contribution is -2.19. The first-order chi connectivity index (χ1) is 4.09. The van der Waals surface area contributed by atoms with Gasteiger partial charge in [-0.1, -0.05) is 27.2 Å². The Balaban J connectivity index is 3.58. The lowest BCUT2D eigenvalue weighted by atomic mass is 9.90. The molecule has 0 aromatic carbocycles. The van der Waals surface area contributed by atoms with Crippen molar-refractivity contribution in [2.45, 2.75) is 40.2 Å². The zero-order valence-corrected chi connectivity index (χ0v) is 6.89. The lowest BCUT2D eigenvalue weighted by molar-refractivity contribution is 0.102. The molecule has 0 fully saturated rings. The van der Waals surface area contributed by atoms with Gasteiger partial charge in [0.1, 0.15) is 0 Å². The highest BCUT2D eigenvalue weighted by Crippen LogP contribution is 2.17. The summed E-state index contributed by atoms with van der Waals surface area (Å²) >= 11 is 0. The average molecular weight is 130 g/mol. The van der Waals surface area contributed by atoms with Crippen LogP contribution in [0.3, 0.4) is 0 Å². The van der Waals surface area contributed by atoms with Crippen LogP contribution in [0.15, 0.2) is 0 Å². The van der Waals surface area contributed by atoms with E-state index in [1.54, 1.807) is 0 Å². The fraction of sp³-hybridized carbons (Fsp3) is 1.00. The van der Waals surface area contributed by atoms with Crippen LogP contribution in [0.5, 0.6) is 0 Å². The quantitative estimate of drug-likeness (QED) is 0.620. The summed E-state index contributed by atoms with van der Waals surface area (Å²) in [6.45, 7) is 8.29. The summed E-state index contributed by atoms with van der Waals surface area (Å²) in [5.74, 6) is 1.08. The van der Waals surface area contributed by atoms with Gasteiger partial charge in [0.15, 0.2) is 0 Å². The third-order valence-corrected chi connectivity index (χ3v) is 2.30. The molecule has 56 valence electrons. The van der Waals surface area contributed by atoms with E-state index >= 15 is 0 Å². The Labute approximate surface area is 58.1 Å². The Bertz CT molecular complexity index is 69.0. The average Bonchev–Trinajstić information content (AvgIpc) is 1.84. The van der Waals surface area contributed by atoms with E-state index in [-0.39, 0.29) is 6.10 Å². The molecule has 0 aromatic rings. The van der Waals surface area contributed by atoms with E-state index in [0.717, 1.165) is 6.42 Å². The normalized spacial score (nSPS) is 21.0. The summed E-state index contributed by atoms with van der Waals surface area (Å²) in [4.78, 5) is 0. The zero-order valence-electron chi connectivity index (χ0n) is 6.89. The Morgan fingerprint density at radius 2 is 1.67 bits per heavy atom. The van der Waals surface area contributed by atoms with Crippen molar-refractivity contribution in [2.75, 3.05) is 0 Å². The molecule has 0 rings (SSSR count). The Hall–Kier alpha value is -0.0400. The van der Waals surface area contributed by atoms with Crippen molar-refractivity contribution < 1.29 is 5.11 Å². The van der Waals surface area contributed by atoms with Gasteiger partial charge in [-0.2, -0.15) is 0 Å². The maximum absolute atomic E-state index is 9.12. The minimum Gasteiger partial charge on any atom is -0.393 e. The molecule has 0 bridgehead atoms. The maximum Gasteiger partial charge on any atom is 0.0540 e. The van der Waals surface area contributed by atoms with Crippen molar-refractivity contribution in [1.29, 1.82) is 0 Å². The monoisotopic (exact) mass is 130 g/mol. The van der Waals surface area contributed by atoms with Crippen molar-refractivity contribution in [1.82, 2.24) is 0 Å². The topological polar surface area (TPSA) is 20.2 Å². The molecule has 3 atom stereocenters. The van der Waals surface area contributed by atoms with Crippen LogP contribution in [0.4, 0.5) is 0 Å². The van der Waals surface area contributed by atoms with Gasteiger partial charge in [-0.05, 0) is 18.8 Å². The Morgan fingerprint density at radius 1 is 1.22 bits per heavy atom. The van der Waals surface area contributed by atoms with Gasteiger partial charge in [0.05, 0.1) is 6.10 Å². The molecule has 0 aliphatic rings. The second-order valence-electron chi connectivity index (χ2n) is 2.99. The minimum atomic E-state index is -0.153. The van der Waals surface area contributed by atoms with Gasteiger partial charge in [0.25, 0.3) is 0 Å². The molecule has 9 heavy (non-hydrogen) atoms. The molecule has 0 aromatic heterocycles. The third kappa shape index (κ3) is 2.85. The molecule has 1 unspecified atom stereocenters. The lowest BCUT2D eigenvalue weighted by Gasteiger charge is -2.20. The van der Waals surface area contributed by atoms with Crippen LogP contribution in [0.25, 0.3) is 0 Å². The molecule has 1 heteroatoms. The molecule has 0 amide bonds. The summed E-state index contributed by atoms with van der Waals surface area (Å²) in [6, 6.07) is 0. The van der Waals surface area contributed by atoms with Crippen LogP contribution in [0.1, 0.15) is 34.1 Å². The van der Waals surface area contributed by atoms with E-state index in [9.17, 15) is 0 Å². The van der Waals surface area contributed by atoms with E-state index in [1.807, 2.05) is 6.92 Å². The molecule has 0 radical (unpaired) electrons. The molecular formula is C8H18O. The molecule has 0 aliphatic carbocycles. The van der Waals surface area contributed by atoms with E-state index in [2.05, 4.69) is 20.8 Å². The smallest absolute Gasteiger partial charge is 0.0540 e. The highest BCUT2D eigenvalue weighted by Gasteiger charge is 2.14. The zero-order chi connectivity index (χ0) is 7.44. The van der Waals surface area contributed by atoms with Crippen molar-refractivity contribution >= 4 is 0 Å². The Morgan fingerprint density at radius 3 is 1.78 bits per heavy atom. The summed E-state index contributed by atoms with van der Waals surface area (Å²) in [7, 11) is 0. The molecule has 0 spiro atoms. The van der Waals surface area contributed by atoms with Crippen LogP contribution >= 0.6 is 0 Å². The van der Waals surface area contributed by atoms with Crippen molar-refractivity contribution in [3.63, 3.8) is 0 Å². The highest BCUT2D eigenvalue weighted by atomic mass is 16.3. The van der Waals surface area contributed by atoms with E-state index < -0.39 is 0 Å². The third-order valence-electron chi connectivity index (χ3n) is 2.30. The van der Waals surface area contributed by atoms with Gasteiger partial charge in [-0.25, -0.2) is 0 Å². The maximum atomic E-state index is 9.12. The van der Waals surface area contributed by atoms with Gasteiger partial charge < -0.3 is 5.11 Å². The van der Waals surface area contributed by atoms with E-state index in [1.165, 1.54) is 0 Å². The second kappa shape index (κ2) is 3.89. The predicted molar refractivity (Wildman–Crippen MR) is 40.3 cm³/mol. The van der Waals surface area contributed by atoms with Crippen LogP contribution in [0.2, 0.25) is 0 Å². The second-order valence-corrected chi connectivity index (χ2v) is 2.99. The van der Waals surface area contributed by atoms with Gasteiger partial charge in [0.2, 0.25) is 0 Å². The van der Waals surface area contributed by atoms with Crippen LogP contribution in [0, 0.1) is 11.8 Å².